The van der Waals surface area contributed by atoms with Crippen molar-refractivity contribution in [3.63, 3.8) is 0 Å². The molecule has 1 aliphatic rings. The molecule has 8 heteroatoms. The second-order valence-corrected chi connectivity index (χ2v) is 7.06. The van der Waals surface area contributed by atoms with Gasteiger partial charge in [0, 0.05) is 29.4 Å². The molecule has 0 aliphatic carbocycles. The summed E-state index contributed by atoms with van der Waals surface area (Å²) in [5.74, 6) is 1.05. The number of aromatic nitrogens is 4. The van der Waals surface area contributed by atoms with E-state index < -0.39 is 0 Å². The van der Waals surface area contributed by atoms with Gasteiger partial charge in [-0.2, -0.15) is 15.3 Å². The summed E-state index contributed by atoms with van der Waals surface area (Å²) < 4.78 is 7.17. The average molecular weight is 395 g/mol. The number of rotatable bonds is 3. The van der Waals surface area contributed by atoms with Crippen molar-refractivity contribution in [2.75, 3.05) is 31.2 Å². The van der Waals surface area contributed by atoms with E-state index in [1.165, 1.54) is 0 Å². The van der Waals surface area contributed by atoms with Crippen LogP contribution in [-0.2, 0) is 4.74 Å². The molecule has 1 fully saturated rings. The summed E-state index contributed by atoms with van der Waals surface area (Å²) in [6, 6.07) is 11.6. The van der Waals surface area contributed by atoms with Gasteiger partial charge in [0.25, 0.3) is 5.95 Å². The summed E-state index contributed by atoms with van der Waals surface area (Å²) in [5, 5.41) is 15.1. The van der Waals surface area contributed by atoms with E-state index in [2.05, 4.69) is 16.1 Å². The fraction of sp³-hybridized carbons (Fsp3) is 0.300. The Hall–Kier alpha value is -2.95. The fourth-order valence-corrected chi connectivity index (χ4v) is 3.41. The Balaban J connectivity index is 1.95. The second kappa shape index (κ2) is 7.58. The lowest BCUT2D eigenvalue weighted by atomic mass is 10.1. The van der Waals surface area contributed by atoms with E-state index in [0.717, 1.165) is 17.0 Å². The summed E-state index contributed by atoms with van der Waals surface area (Å²) in [6.45, 7) is 6.42. The highest BCUT2D eigenvalue weighted by molar-refractivity contribution is 6.30. The summed E-state index contributed by atoms with van der Waals surface area (Å²) in [7, 11) is 0. The maximum Gasteiger partial charge on any atom is 0.253 e. The molecule has 1 saturated heterocycles. The molecule has 1 aromatic carbocycles. The molecular formula is C20H19ClN6O. The Morgan fingerprint density at radius 2 is 1.82 bits per heavy atom. The Morgan fingerprint density at radius 3 is 2.43 bits per heavy atom. The van der Waals surface area contributed by atoms with Crippen LogP contribution in [0.1, 0.15) is 17.0 Å². The van der Waals surface area contributed by atoms with Gasteiger partial charge in [0.15, 0.2) is 5.82 Å². The summed E-state index contributed by atoms with van der Waals surface area (Å²) >= 11 is 6.04. The predicted molar refractivity (Wildman–Crippen MR) is 107 cm³/mol. The summed E-state index contributed by atoms with van der Waals surface area (Å²) in [4.78, 5) is 11.5. The van der Waals surface area contributed by atoms with Crippen LogP contribution in [0.4, 0.5) is 5.82 Å². The predicted octanol–water partition coefficient (Wildman–Crippen LogP) is 3.31. The number of nitriles is 1. The Morgan fingerprint density at radius 1 is 1.11 bits per heavy atom. The van der Waals surface area contributed by atoms with Crippen molar-refractivity contribution in [1.29, 1.82) is 5.26 Å². The molecule has 0 bridgehead atoms. The van der Waals surface area contributed by atoms with Gasteiger partial charge in [0.2, 0.25) is 0 Å². The van der Waals surface area contributed by atoms with Crippen LogP contribution in [0.5, 0.6) is 0 Å². The van der Waals surface area contributed by atoms with Crippen molar-refractivity contribution < 1.29 is 4.74 Å². The van der Waals surface area contributed by atoms with E-state index in [4.69, 9.17) is 26.3 Å². The number of benzene rings is 1. The van der Waals surface area contributed by atoms with Crippen LogP contribution in [0.25, 0.3) is 17.2 Å². The molecule has 2 aromatic heterocycles. The van der Waals surface area contributed by atoms with E-state index in [9.17, 15) is 5.26 Å². The molecule has 142 valence electrons. The van der Waals surface area contributed by atoms with Crippen LogP contribution in [0.15, 0.2) is 30.3 Å². The SMILES string of the molecule is Cc1cc(C)n(-c2nc(-c3ccc(Cl)cc3)c(C#N)c(N3CCOCC3)n2)n1. The Kier molecular flexibility index (Phi) is 4.99. The maximum atomic E-state index is 9.93. The van der Waals surface area contributed by atoms with Crippen molar-refractivity contribution >= 4 is 17.4 Å². The molecule has 3 aromatic rings. The van der Waals surface area contributed by atoms with Gasteiger partial charge in [-0.3, -0.25) is 0 Å². The fourth-order valence-electron chi connectivity index (χ4n) is 3.29. The standard InChI is InChI=1S/C20H19ClN6O/c1-13-11-14(2)27(25-13)20-23-18(15-3-5-16(21)6-4-15)17(12-22)19(24-20)26-7-9-28-10-8-26/h3-6,11H,7-10H2,1-2H3. The third-order valence-electron chi connectivity index (χ3n) is 4.62. The molecule has 0 spiro atoms. The maximum absolute atomic E-state index is 9.93. The smallest absolute Gasteiger partial charge is 0.253 e. The molecule has 28 heavy (non-hydrogen) atoms. The van der Waals surface area contributed by atoms with Gasteiger partial charge in [-0.25, -0.2) is 9.67 Å². The van der Waals surface area contributed by atoms with Gasteiger partial charge in [-0.15, -0.1) is 0 Å². The van der Waals surface area contributed by atoms with Crippen LogP contribution in [0.2, 0.25) is 5.02 Å². The minimum atomic E-state index is 0.439. The molecule has 0 unspecified atom stereocenters. The first-order valence-corrected chi connectivity index (χ1v) is 9.39. The zero-order valence-corrected chi connectivity index (χ0v) is 16.4. The van der Waals surface area contributed by atoms with Gasteiger partial charge in [-0.05, 0) is 32.0 Å². The molecule has 0 amide bonds. The number of hydrogen-bond donors (Lipinski definition) is 0. The highest BCUT2D eigenvalue weighted by Gasteiger charge is 2.23. The van der Waals surface area contributed by atoms with Crippen molar-refractivity contribution in [2.24, 2.45) is 0 Å². The largest absolute Gasteiger partial charge is 0.378 e. The van der Waals surface area contributed by atoms with Gasteiger partial charge < -0.3 is 9.64 Å². The van der Waals surface area contributed by atoms with E-state index in [0.29, 0.717) is 54.3 Å². The molecule has 4 rings (SSSR count). The number of ether oxygens (including phenoxy) is 1. The molecule has 1 aliphatic heterocycles. The molecule has 0 atom stereocenters. The summed E-state index contributed by atoms with van der Waals surface area (Å²) in [5.41, 5.74) is 3.62. The van der Waals surface area contributed by atoms with Crippen LogP contribution in [0, 0.1) is 25.2 Å². The van der Waals surface area contributed by atoms with Crippen LogP contribution >= 0.6 is 11.6 Å². The van der Waals surface area contributed by atoms with Crippen LogP contribution in [-0.4, -0.2) is 46.1 Å². The van der Waals surface area contributed by atoms with E-state index in [1.54, 1.807) is 16.8 Å². The van der Waals surface area contributed by atoms with Crippen LogP contribution in [0.3, 0.4) is 0 Å². The second-order valence-electron chi connectivity index (χ2n) is 6.63. The monoisotopic (exact) mass is 394 g/mol. The molecule has 0 radical (unpaired) electrons. The number of hydrogen-bond acceptors (Lipinski definition) is 6. The summed E-state index contributed by atoms with van der Waals surface area (Å²) in [6.07, 6.45) is 0. The average Bonchev–Trinajstić information content (AvgIpc) is 3.06. The van der Waals surface area contributed by atoms with Crippen molar-refractivity contribution in [3.05, 3.63) is 52.3 Å². The number of nitrogens with zero attached hydrogens (tertiary/aromatic N) is 6. The topological polar surface area (TPSA) is 79.9 Å². The zero-order valence-electron chi connectivity index (χ0n) is 15.7. The van der Waals surface area contributed by atoms with Crippen molar-refractivity contribution in [3.8, 4) is 23.3 Å². The number of halogens is 1. The van der Waals surface area contributed by atoms with Gasteiger partial charge in [0.05, 0.1) is 24.6 Å². The lowest BCUT2D eigenvalue weighted by Gasteiger charge is -2.29. The third-order valence-corrected chi connectivity index (χ3v) is 4.87. The molecule has 7 nitrogen and oxygen atoms in total. The number of aryl methyl sites for hydroxylation is 2. The lowest BCUT2D eigenvalue weighted by Crippen LogP contribution is -2.37. The molecule has 3 heterocycles. The van der Waals surface area contributed by atoms with E-state index in [1.807, 2.05) is 32.0 Å². The zero-order chi connectivity index (χ0) is 19.7. The highest BCUT2D eigenvalue weighted by Crippen LogP contribution is 2.30. The van der Waals surface area contributed by atoms with E-state index >= 15 is 0 Å². The van der Waals surface area contributed by atoms with Gasteiger partial charge in [-0.1, -0.05) is 23.7 Å². The first-order chi connectivity index (χ1) is 13.6. The first-order valence-electron chi connectivity index (χ1n) is 9.01. The Labute approximate surface area is 168 Å². The minimum absolute atomic E-state index is 0.439. The minimum Gasteiger partial charge on any atom is -0.378 e. The first kappa shape index (κ1) is 18.4. The molecular weight excluding hydrogens is 376 g/mol. The highest BCUT2D eigenvalue weighted by atomic mass is 35.5. The normalized spacial score (nSPS) is 14.1. The quantitative estimate of drug-likeness (QED) is 0.678. The van der Waals surface area contributed by atoms with Gasteiger partial charge in [0.1, 0.15) is 11.6 Å². The van der Waals surface area contributed by atoms with E-state index in [-0.39, 0.29) is 0 Å². The third kappa shape index (κ3) is 3.44. The number of morpholine rings is 1. The van der Waals surface area contributed by atoms with Crippen molar-refractivity contribution in [2.45, 2.75) is 13.8 Å². The Bertz CT molecular complexity index is 1050. The lowest BCUT2D eigenvalue weighted by molar-refractivity contribution is 0.122. The van der Waals surface area contributed by atoms with Crippen LogP contribution < -0.4 is 4.90 Å². The molecule has 0 saturated carbocycles. The number of anilines is 1. The van der Waals surface area contributed by atoms with Gasteiger partial charge >= 0.3 is 0 Å². The van der Waals surface area contributed by atoms with Crippen molar-refractivity contribution in [1.82, 2.24) is 19.7 Å². The molecule has 0 N–H and O–H groups in total.